The minimum absolute atomic E-state index is 0.192. The second-order valence-corrected chi connectivity index (χ2v) is 9.99. The molecule has 0 bridgehead atoms. The van der Waals surface area contributed by atoms with E-state index in [2.05, 4.69) is 39.9 Å². The van der Waals surface area contributed by atoms with Gasteiger partial charge in [0.15, 0.2) is 11.0 Å². The fourth-order valence-corrected chi connectivity index (χ4v) is 5.37. The van der Waals surface area contributed by atoms with Crippen LogP contribution in [-0.4, -0.2) is 26.8 Å². The van der Waals surface area contributed by atoms with Crippen LogP contribution in [0.25, 0.3) is 5.69 Å². The molecule has 0 unspecified atom stereocenters. The van der Waals surface area contributed by atoms with Crippen molar-refractivity contribution in [3.05, 3.63) is 69.5 Å². The summed E-state index contributed by atoms with van der Waals surface area (Å²) in [5, 5.41) is 16.5. The lowest BCUT2D eigenvalue weighted by atomic mass is 9.96. The normalized spacial score (nSPS) is 14.3. The molecule has 0 aliphatic heterocycles. The average Bonchev–Trinajstić information content (AvgIpc) is 3.22. The summed E-state index contributed by atoms with van der Waals surface area (Å²) in [7, 11) is 0. The number of aryl methyl sites for hydroxylation is 1. The van der Waals surface area contributed by atoms with Gasteiger partial charge < -0.3 is 10.6 Å². The van der Waals surface area contributed by atoms with Crippen molar-refractivity contribution in [2.75, 3.05) is 0 Å². The van der Waals surface area contributed by atoms with Crippen molar-refractivity contribution >= 4 is 41.0 Å². The number of hydrogen-bond acceptors (Lipinski definition) is 4. The van der Waals surface area contributed by atoms with Gasteiger partial charge in [0.1, 0.15) is 0 Å². The van der Waals surface area contributed by atoms with E-state index in [1.807, 2.05) is 16.7 Å². The Morgan fingerprint density at radius 1 is 1.12 bits per heavy atom. The minimum Gasteiger partial charge on any atom is -0.335 e. The van der Waals surface area contributed by atoms with Gasteiger partial charge in [0, 0.05) is 16.8 Å². The van der Waals surface area contributed by atoms with Crippen LogP contribution in [0.15, 0.2) is 47.6 Å². The number of rotatable bonds is 7. The third kappa shape index (κ3) is 6.22. The number of carbonyl (C=O) groups is 1. The zero-order chi connectivity index (χ0) is 23.2. The standard InChI is InChI=1S/C24H27Cl2N5OS/c1-16-7-5-6-8-17(16)15-33-24-30-29-22(31(24)21-13-18(25)11-12-20(21)26)14-27-23(32)28-19-9-3-2-4-10-19/h5-8,11-13,19H,2-4,9-10,14-15H2,1H3,(H2,27,28,32). The first kappa shape index (κ1) is 23.9. The SMILES string of the molecule is Cc1ccccc1CSc1nnc(CNC(=O)NC2CCCCC2)n1-c1cc(Cl)ccc1Cl. The highest BCUT2D eigenvalue weighted by molar-refractivity contribution is 7.98. The van der Waals surface area contributed by atoms with E-state index in [4.69, 9.17) is 23.2 Å². The summed E-state index contributed by atoms with van der Waals surface area (Å²) in [6.07, 6.45) is 5.62. The number of nitrogens with one attached hydrogen (secondary N) is 2. The van der Waals surface area contributed by atoms with Crippen molar-refractivity contribution in [3.63, 3.8) is 0 Å². The van der Waals surface area contributed by atoms with Crippen LogP contribution >= 0.6 is 35.0 Å². The van der Waals surface area contributed by atoms with E-state index < -0.39 is 0 Å². The van der Waals surface area contributed by atoms with Crippen molar-refractivity contribution in [1.82, 2.24) is 25.4 Å². The number of urea groups is 1. The van der Waals surface area contributed by atoms with Gasteiger partial charge in [-0.05, 0) is 49.1 Å². The van der Waals surface area contributed by atoms with Gasteiger partial charge in [-0.3, -0.25) is 4.57 Å². The zero-order valence-corrected chi connectivity index (χ0v) is 20.8. The molecule has 1 saturated carbocycles. The molecule has 33 heavy (non-hydrogen) atoms. The number of aromatic nitrogens is 3. The molecule has 6 nitrogen and oxygen atoms in total. The molecule has 4 rings (SSSR count). The molecule has 2 amide bonds. The first-order valence-corrected chi connectivity index (χ1v) is 12.9. The number of carbonyl (C=O) groups excluding carboxylic acids is 1. The first-order chi connectivity index (χ1) is 16.0. The van der Waals surface area contributed by atoms with E-state index in [0.29, 0.717) is 26.7 Å². The molecule has 1 aliphatic rings. The van der Waals surface area contributed by atoms with Crippen LogP contribution in [0.1, 0.15) is 49.1 Å². The second kappa shape index (κ2) is 11.3. The largest absolute Gasteiger partial charge is 0.335 e. The Bertz CT molecular complexity index is 1110. The van der Waals surface area contributed by atoms with E-state index in [1.165, 1.54) is 17.5 Å². The van der Waals surface area contributed by atoms with Crippen molar-refractivity contribution < 1.29 is 4.79 Å². The molecule has 0 spiro atoms. The predicted molar refractivity (Wildman–Crippen MR) is 134 cm³/mol. The highest BCUT2D eigenvalue weighted by Gasteiger charge is 2.20. The third-order valence-corrected chi connectivity index (χ3v) is 7.35. The molecule has 1 aromatic heterocycles. The van der Waals surface area contributed by atoms with Gasteiger partial charge in [-0.1, -0.05) is 78.5 Å². The van der Waals surface area contributed by atoms with Crippen molar-refractivity contribution in [1.29, 1.82) is 0 Å². The quantitative estimate of drug-likeness (QED) is 0.370. The zero-order valence-electron chi connectivity index (χ0n) is 18.5. The van der Waals surface area contributed by atoms with E-state index in [-0.39, 0.29) is 18.6 Å². The van der Waals surface area contributed by atoms with Crippen molar-refractivity contribution in [2.24, 2.45) is 0 Å². The second-order valence-electron chi connectivity index (χ2n) is 8.21. The molecular formula is C24H27Cl2N5OS. The number of benzene rings is 2. The maximum absolute atomic E-state index is 12.5. The summed E-state index contributed by atoms with van der Waals surface area (Å²) in [6, 6.07) is 13.6. The van der Waals surface area contributed by atoms with Crippen LogP contribution in [-0.2, 0) is 12.3 Å². The summed E-state index contributed by atoms with van der Waals surface area (Å²) in [5.74, 6) is 1.32. The lowest BCUT2D eigenvalue weighted by Gasteiger charge is -2.22. The smallest absolute Gasteiger partial charge is 0.315 e. The molecule has 0 saturated heterocycles. The van der Waals surface area contributed by atoms with Crippen LogP contribution in [0.5, 0.6) is 0 Å². The van der Waals surface area contributed by atoms with Gasteiger partial charge in [-0.15, -0.1) is 10.2 Å². The van der Waals surface area contributed by atoms with Gasteiger partial charge in [0.25, 0.3) is 0 Å². The molecule has 1 aliphatic carbocycles. The molecule has 9 heteroatoms. The molecular weight excluding hydrogens is 477 g/mol. The topological polar surface area (TPSA) is 71.8 Å². The van der Waals surface area contributed by atoms with Gasteiger partial charge in [0.2, 0.25) is 0 Å². The van der Waals surface area contributed by atoms with Crippen LogP contribution in [0, 0.1) is 6.92 Å². The Kier molecular flexibility index (Phi) is 8.17. The Balaban J connectivity index is 1.54. The average molecular weight is 504 g/mol. The molecule has 1 fully saturated rings. The summed E-state index contributed by atoms with van der Waals surface area (Å²) in [5.41, 5.74) is 3.13. The van der Waals surface area contributed by atoms with Crippen LogP contribution in [0.4, 0.5) is 4.79 Å². The van der Waals surface area contributed by atoms with Gasteiger partial charge in [-0.25, -0.2) is 4.79 Å². The summed E-state index contributed by atoms with van der Waals surface area (Å²) >= 11 is 14.4. The van der Waals surface area contributed by atoms with E-state index in [9.17, 15) is 4.79 Å². The maximum Gasteiger partial charge on any atom is 0.315 e. The summed E-state index contributed by atoms with van der Waals surface area (Å²) < 4.78 is 1.87. The van der Waals surface area contributed by atoms with Gasteiger partial charge >= 0.3 is 6.03 Å². The fourth-order valence-electron chi connectivity index (χ4n) is 3.96. The highest BCUT2D eigenvalue weighted by atomic mass is 35.5. The summed E-state index contributed by atoms with van der Waals surface area (Å²) in [4.78, 5) is 12.5. The highest BCUT2D eigenvalue weighted by Crippen LogP contribution is 2.31. The number of nitrogens with zero attached hydrogens (tertiary/aromatic N) is 3. The molecule has 3 aromatic rings. The van der Waals surface area contributed by atoms with Gasteiger partial charge in [-0.2, -0.15) is 0 Å². The van der Waals surface area contributed by atoms with Crippen molar-refractivity contribution in [3.8, 4) is 5.69 Å². The molecule has 0 atom stereocenters. The molecule has 2 aromatic carbocycles. The lowest BCUT2D eigenvalue weighted by Crippen LogP contribution is -2.42. The Hall–Kier alpha value is -2.22. The van der Waals surface area contributed by atoms with Crippen LogP contribution in [0.2, 0.25) is 10.0 Å². The van der Waals surface area contributed by atoms with Crippen LogP contribution in [0.3, 0.4) is 0 Å². The molecule has 174 valence electrons. The number of hydrogen-bond donors (Lipinski definition) is 2. The maximum atomic E-state index is 12.5. The summed E-state index contributed by atoms with van der Waals surface area (Å²) in [6.45, 7) is 2.31. The Labute approximate surface area is 208 Å². The minimum atomic E-state index is -0.192. The van der Waals surface area contributed by atoms with E-state index in [0.717, 1.165) is 31.4 Å². The number of amides is 2. The Morgan fingerprint density at radius 3 is 2.70 bits per heavy atom. The van der Waals surface area contributed by atoms with Gasteiger partial charge in [0.05, 0.1) is 17.3 Å². The van der Waals surface area contributed by atoms with Crippen molar-refractivity contribution in [2.45, 2.75) is 62.5 Å². The predicted octanol–water partition coefficient (Wildman–Crippen LogP) is 6.31. The fraction of sp³-hybridized carbons (Fsp3) is 0.375. The lowest BCUT2D eigenvalue weighted by molar-refractivity contribution is 0.232. The molecule has 0 radical (unpaired) electrons. The third-order valence-electron chi connectivity index (χ3n) is 5.81. The monoisotopic (exact) mass is 503 g/mol. The molecule has 1 heterocycles. The van der Waals surface area contributed by atoms with E-state index >= 15 is 0 Å². The van der Waals surface area contributed by atoms with E-state index in [1.54, 1.807) is 30.0 Å². The first-order valence-electron chi connectivity index (χ1n) is 11.1. The Morgan fingerprint density at radius 2 is 1.91 bits per heavy atom. The van der Waals surface area contributed by atoms with Crippen LogP contribution < -0.4 is 10.6 Å². The molecule has 2 N–H and O–H groups in total. The number of halogens is 2. The number of thioether (sulfide) groups is 1.